The van der Waals surface area contributed by atoms with Gasteiger partial charge in [-0.1, -0.05) is 103 Å². The highest BCUT2D eigenvalue weighted by molar-refractivity contribution is 6.20. The van der Waals surface area contributed by atoms with Gasteiger partial charge in [-0.25, -0.2) is 0 Å². The van der Waals surface area contributed by atoms with E-state index in [0.717, 1.165) is 55.3 Å². The highest BCUT2D eigenvalue weighted by Gasteiger charge is 2.15. The van der Waals surface area contributed by atoms with Crippen molar-refractivity contribution in [2.45, 2.75) is 0 Å². The number of aromatic nitrogens is 2. The lowest BCUT2D eigenvalue weighted by molar-refractivity contribution is 0.669. The molecule has 0 fully saturated rings. The van der Waals surface area contributed by atoms with E-state index >= 15 is 0 Å². The van der Waals surface area contributed by atoms with Crippen LogP contribution in [0.3, 0.4) is 0 Å². The number of benzene rings is 6. The van der Waals surface area contributed by atoms with Crippen LogP contribution in [0.2, 0.25) is 0 Å². The van der Waals surface area contributed by atoms with Crippen molar-refractivity contribution in [3.8, 4) is 16.8 Å². The first-order chi connectivity index (χ1) is 21.8. The van der Waals surface area contributed by atoms with E-state index in [1.165, 1.54) is 26.9 Å². The van der Waals surface area contributed by atoms with Crippen molar-refractivity contribution in [3.63, 3.8) is 0 Å². The molecule has 206 valence electrons. The molecule has 44 heavy (non-hydrogen) atoms. The van der Waals surface area contributed by atoms with Crippen LogP contribution in [-0.4, -0.2) is 9.55 Å². The van der Waals surface area contributed by atoms with Crippen LogP contribution in [0.4, 0.5) is 0 Å². The van der Waals surface area contributed by atoms with Crippen LogP contribution in [0.1, 0.15) is 0 Å². The average molecular weight is 563 g/mol. The minimum atomic E-state index is 0.798. The molecule has 0 unspecified atom stereocenters. The SMILES string of the molecule is c1ccc(-n2c3ccccc3c3ccccc3c3ccccc3c3cc(-c4cccc5c4oc4cccnc45)ccc32)cc1. The van der Waals surface area contributed by atoms with Crippen molar-refractivity contribution in [3.05, 3.63) is 158 Å². The summed E-state index contributed by atoms with van der Waals surface area (Å²) in [6.07, 6.45) is 1.82. The zero-order valence-electron chi connectivity index (χ0n) is 23.8. The van der Waals surface area contributed by atoms with E-state index in [1.54, 1.807) is 0 Å². The average Bonchev–Trinajstić information content (AvgIpc) is 3.49. The Morgan fingerprint density at radius 1 is 0.455 bits per heavy atom. The van der Waals surface area contributed by atoms with Gasteiger partial charge in [0.1, 0.15) is 11.1 Å². The van der Waals surface area contributed by atoms with Gasteiger partial charge in [-0.3, -0.25) is 4.98 Å². The Bertz CT molecular complexity index is 2610. The number of nitrogens with zero attached hydrogens (tertiary/aromatic N) is 2. The van der Waals surface area contributed by atoms with Crippen molar-refractivity contribution in [1.29, 1.82) is 0 Å². The summed E-state index contributed by atoms with van der Waals surface area (Å²) in [5.74, 6) is 0. The predicted octanol–water partition coefficient (Wildman–Crippen LogP) is 11.2. The normalized spacial score (nSPS) is 11.6. The molecule has 0 saturated carbocycles. The molecule has 0 saturated heterocycles. The van der Waals surface area contributed by atoms with E-state index in [2.05, 4.69) is 149 Å². The van der Waals surface area contributed by atoms with Crippen molar-refractivity contribution in [2.24, 2.45) is 0 Å². The lowest BCUT2D eigenvalue weighted by atomic mass is 9.98. The summed E-state index contributed by atoms with van der Waals surface area (Å²) in [5, 5.41) is 8.19. The van der Waals surface area contributed by atoms with Crippen LogP contribution < -0.4 is 0 Å². The van der Waals surface area contributed by atoms with Crippen LogP contribution in [0.15, 0.2) is 162 Å². The molecule has 0 amide bonds. The van der Waals surface area contributed by atoms with Crippen LogP contribution in [0, 0.1) is 0 Å². The van der Waals surface area contributed by atoms with E-state index < -0.39 is 0 Å². The van der Waals surface area contributed by atoms with Gasteiger partial charge in [0, 0.05) is 33.6 Å². The molecule has 9 rings (SSSR count). The maximum Gasteiger partial charge on any atom is 0.153 e. The Morgan fingerprint density at radius 2 is 1.07 bits per heavy atom. The van der Waals surface area contributed by atoms with Crippen LogP contribution in [0.5, 0.6) is 0 Å². The smallest absolute Gasteiger partial charge is 0.153 e. The van der Waals surface area contributed by atoms with Gasteiger partial charge in [0.15, 0.2) is 5.58 Å². The molecule has 0 spiro atoms. The molecule has 3 heterocycles. The molecular formula is C41H26N2O. The van der Waals surface area contributed by atoms with Crippen LogP contribution in [-0.2, 0) is 0 Å². The molecule has 3 nitrogen and oxygen atoms in total. The fourth-order valence-corrected chi connectivity index (χ4v) is 6.75. The standard InChI is InChI=1S/C41H26N2O/c1-2-12-28(13-3-1)43-37-21-9-8-18-34(37)32-16-6-4-14-30(32)31-15-5-7-17-33(31)36-26-27(23-24-38(36)43)29-19-10-20-35-40-39(44-41(29)35)22-11-25-42-40/h1-26H. The fraction of sp³-hybridized carbons (Fsp3) is 0. The lowest BCUT2D eigenvalue weighted by Gasteiger charge is -2.14. The second-order valence-electron chi connectivity index (χ2n) is 11.1. The Labute approximate surface area is 253 Å². The third kappa shape index (κ3) is 3.73. The zero-order valence-corrected chi connectivity index (χ0v) is 23.8. The van der Waals surface area contributed by atoms with Gasteiger partial charge in [0.05, 0.1) is 11.0 Å². The summed E-state index contributed by atoms with van der Waals surface area (Å²) in [6.45, 7) is 0. The van der Waals surface area contributed by atoms with Gasteiger partial charge in [-0.05, 0) is 75.6 Å². The summed E-state index contributed by atoms with van der Waals surface area (Å²) in [4.78, 5) is 4.62. The molecule has 9 aromatic rings. The summed E-state index contributed by atoms with van der Waals surface area (Å²) in [5.41, 5.74) is 8.05. The summed E-state index contributed by atoms with van der Waals surface area (Å²) >= 11 is 0. The second kappa shape index (κ2) is 9.82. The summed E-state index contributed by atoms with van der Waals surface area (Å²) in [7, 11) is 0. The maximum atomic E-state index is 6.43. The number of hydrogen-bond donors (Lipinski definition) is 0. The molecule has 0 radical (unpaired) electrons. The number of hydrogen-bond acceptors (Lipinski definition) is 2. The highest BCUT2D eigenvalue weighted by Crippen LogP contribution is 2.39. The van der Waals surface area contributed by atoms with Crippen molar-refractivity contribution < 1.29 is 4.42 Å². The van der Waals surface area contributed by atoms with Crippen molar-refractivity contribution in [1.82, 2.24) is 9.55 Å². The maximum absolute atomic E-state index is 6.43. The first kappa shape index (κ1) is 24.6. The van der Waals surface area contributed by atoms with Gasteiger partial charge in [-0.2, -0.15) is 0 Å². The quantitative estimate of drug-likeness (QED) is 0.210. The lowest BCUT2D eigenvalue weighted by Crippen LogP contribution is -1.97. The van der Waals surface area contributed by atoms with Crippen LogP contribution >= 0.6 is 0 Å². The molecular weight excluding hydrogens is 536 g/mol. The number of fused-ring (bicyclic) bond motifs is 10. The summed E-state index contributed by atoms with van der Waals surface area (Å²) in [6, 6.07) is 54.0. The molecule has 0 atom stereocenters. The fourth-order valence-electron chi connectivity index (χ4n) is 6.75. The van der Waals surface area contributed by atoms with E-state index in [4.69, 9.17) is 4.42 Å². The minimum absolute atomic E-state index is 0.798. The Morgan fingerprint density at radius 3 is 1.84 bits per heavy atom. The van der Waals surface area contributed by atoms with E-state index in [0.29, 0.717) is 0 Å². The van der Waals surface area contributed by atoms with Crippen LogP contribution in [0.25, 0.3) is 82.2 Å². The highest BCUT2D eigenvalue weighted by atomic mass is 16.3. The molecule has 3 aromatic heterocycles. The predicted molar refractivity (Wildman–Crippen MR) is 184 cm³/mol. The largest absolute Gasteiger partial charge is 0.454 e. The van der Waals surface area contributed by atoms with E-state index in [-0.39, 0.29) is 0 Å². The first-order valence-electron chi connectivity index (χ1n) is 14.9. The van der Waals surface area contributed by atoms with Gasteiger partial charge in [0.25, 0.3) is 0 Å². The molecule has 3 heteroatoms. The zero-order chi connectivity index (χ0) is 29.0. The Hall–Kier alpha value is -5.93. The van der Waals surface area contributed by atoms with Crippen molar-refractivity contribution >= 4 is 65.4 Å². The summed E-state index contributed by atoms with van der Waals surface area (Å²) < 4.78 is 8.83. The number of rotatable bonds is 2. The van der Waals surface area contributed by atoms with E-state index in [1.807, 2.05) is 18.3 Å². The van der Waals surface area contributed by atoms with Gasteiger partial charge in [-0.15, -0.1) is 0 Å². The third-order valence-electron chi connectivity index (χ3n) is 8.69. The molecule has 0 aliphatic carbocycles. The molecule has 6 aromatic carbocycles. The molecule has 0 aliphatic rings. The molecule has 0 aliphatic heterocycles. The third-order valence-corrected chi connectivity index (χ3v) is 8.69. The minimum Gasteiger partial charge on any atom is -0.454 e. The number of para-hydroxylation sites is 3. The second-order valence-corrected chi connectivity index (χ2v) is 11.1. The molecule has 0 N–H and O–H groups in total. The van der Waals surface area contributed by atoms with Gasteiger partial charge in [0.2, 0.25) is 0 Å². The topological polar surface area (TPSA) is 31.0 Å². The monoisotopic (exact) mass is 562 g/mol. The molecule has 0 bridgehead atoms. The van der Waals surface area contributed by atoms with Crippen molar-refractivity contribution in [2.75, 3.05) is 0 Å². The Kier molecular flexibility index (Phi) is 5.50. The number of furan rings is 1. The Balaban J connectivity index is 1.53. The number of pyridine rings is 1. The van der Waals surface area contributed by atoms with Gasteiger partial charge >= 0.3 is 0 Å². The van der Waals surface area contributed by atoms with Gasteiger partial charge < -0.3 is 8.98 Å². The first-order valence-corrected chi connectivity index (χ1v) is 14.9. The van der Waals surface area contributed by atoms with E-state index in [9.17, 15) is 0 Å².